The fraction of sp³-hybridized carbons (Fsp3) is 0.552. The Balaban J connectivity index is 1.34. The van der Waals surface area contributed by atoms with Crippen LogP contribution in [-0.2, 0) is 15.1 Å². The molecular weight excluding hydrogens is 480 g/mol. The first-order valence-corrected chi connectivity index (χ1v) is 13.9. The molecule has 0 aliphatic carbocycles. The summed E-state index contributed by atoms with van der Waals surface area (Å²) in [6.07, 6.45) is 7.59. The molecule has 9 heteroatoms. The van der Waals surface area contributed by atoms with E-state index >= 15 is 0 Å². The third-order valence-electron chi connectivity index (χ3n) is 7.97. The molecule has 2 saturated heterocycles. The number of hydrogen-bond acceptors (Lipinski definition) is 7. The fourth-order valence-corrected chi connectivity index (χ4v) is 5.78. The number of carbonyl (C=O) groups is 1. The van der Waals surface area contributed by atoms with Crippen molar-refractivity contribution in [3.05, 3.63) is 48.4 Å². The van der Waals surface area contributed by atoms with Crippen LogP contribution in [0.2, 0.25) is 0 Å². The zero-order valence-electron chi connectivity index (χ0n) is 23.1. The lowest BCUT2D eigenvalue weighted by Gasteiger charge is -2.43. The SMILES string of the molecule is CCOC(=O)N1CCN(c2ccnn3cc(-c4ccc(C5(OCC)CCN(C(C)C)CC5)cn4)cc23)CC1. The molecule has 0 unspecified atom stereocenters. The Labute approximate surface area is 225 Å². The minimum absolute atomic E-state index is 0.233. The van der Waals surface area contributed by atoms with E-state index in [0.29, 0.717) is 32.3 Å². The van der Waals surface area contributed by atoms with E-state index in [1.54, 1.807) is 4.90 Å². The topological polar surface area (TPSA) is 75.4 Å². The smallest absolute Gasteiger partial charge is 0.409 e. The Kier molecular flexibility index (Phi) is 7.85. The Morgan fingerprint density at radius 3 is 2.42 bits per heavy atom. The van der Waals surface area contributed by atoms with Crippen molar-refractivity contribution < 1.29 is 14.3 Å². The van der Waals surface area contributed by atoms with E-state index < -0.39 is 0 Å². The summed E-state index contributed by atoms with van der Waals surface area (Å²) in [4.78, 5) is 23.6. The molecule has 0 aromatic carbocycles. The van der Waals surface area contributed by atoms with Gasteiger partial charge in [0, 0.05) is 81.6 Å². The van der Waals surface area contributed by atoms with Crippen LogP contribution in [0.15, 0.2) is 42.9 Å². The Bertz CT molecular complexity index is 1220. The summed E-state index contributed by atoms with van der Waals surface area (Å²) in [5.41, 5.74) is 4.99. The van der Waals surface area contributed by atoms with Gasteiger partial charge in [-0.15, -0.1) is 0 Å². The van der Waals surface area contributed by atoms with Crippen LogP contribution in [0.3, 0.4) is 0 Å². The predicted molar refractivity (Wildman–Crippen MR) is 148 cm³/mol. The highest BCUT2D eigenvalue weighted by molar-refractivity contribution is 5.79. The highest BCUT2D eigenvalue weighted by Crippen LogP contribution is 2.38. The van der Waals surface area contributed by atoms with Gasteiger partial charge >= 0.3 is 6.09 Å². The van der Waals surface area contributed by atoms with Gasteiger partial charge in [-0.25, -0.2) is 9.31 Å². The largest absolute Gasteiger partial charge is 0.450 e. The number of rotatable bonds is 7. The zero-order valence-corrected chi connectivity index (χ0v) is 23.1. The summed E-state index contributed by atoms with van der Waals surface area (Å²) in [7, 11) is 0. The van der Waals surface area contributed by atoms with Crippen LogP contribution >= 0.6 is 0 Å². The molecule has 9 nitrogen and oxygen atoms in total. The van der Waals surface area contributed by atoms with Crippen molar-refractivity contribution in [2.24, 2.45) is 0 Å². The van der Waals surface area contributed by atoms with Crippen LogP contribution in [0.5, 0.6) is 0 Å². The standard InChI is InChI=1S/C29H40N6O3/c1-5-37-28(36)34-17-15-33(16-18-34)26-9-12-31-35-21-23(19-27(26)35)25-8-7-24(20-30-25)29(38-6-2)10-13-32(14-11-29)22(3)4/h7-9,12,19-22H,5-6,10-11,13-18H2,1-4H3. The van der Waals surface area contributed by atoms with E-state index in [9.17, 15) is 4.79 Å². The number of pyridine rings is 1. The third-order valence-corrected chi connectivity index (χ3v) is 7.97. The summed E-state index contributed by atoms with van der Waals surface area (Å²) in [6.45, 7) is 14.4. The Morgan fingerprint density at radius 1 is 1.03 bits per heavy atom. The van der Waals surface area contributed by atoms with Gasteiger partial charge in [-0.1, -0.05) is 6.07 Å². The van der Waals surface area contributed by atoms with Crippen LogP contribution in [0.25, 0.3) is 16.8 Å². The molecule has 204 valence electrons. The molecule has 38 heavy (non-hydrogen) atoms. The lowest BCUT2D eigenvalue weighted by atomic mass is 9.84. The second-order valence-corrected chi connectivity index (χ2v) is 10.4. The second-order valence-electron chi connectivity index (χ2n) is 10.4. The van der Waals surface area contributed by atoms with Crippen LogP contribution in [0.4, 0.5) is 10.5 Å². The molecule has 0 atom stereocenters. The van der Waals surface area contributed by atoms with Gasteiger partial charge in [0.25, 0.3) is 0 Å². The van der Waals surface area contributed by atoms with Gasteiger partial charge in [0.2, 0.25) is 0 Å². The van der Waals surface area contributed by atoms with E-state index in [0.717, 1.165) is 67.0 Å². The van der Waals surface area contributed by atoms with Gasteiger partial charge in [0.05, 0.1) is 29.1 Å². The first-order chi connectivity index (χ1) is 18.4. The molecule has 2 fully saturated rings. The van der Waals surface area contributed by atoms with Gasteiger partial charge < -0.3 is 24.2 Å². The maximum atomic E-state index is 12.1. The number of anilines is 1. The zero-order chi connectivity index (χ0) is 26.7. The Hall–Kier alpha value is -3.17. The summed E-state index contributed by atoms with van der Waals surface area (Å²) in [5.74, 6) is 0. The molecule has 0 bridgehead atoms. The molecule has 0 N–H and O–H groups in total. The molecule has 0 spiro atoms. The lowest BCUT2D eigenvalue weighted by Crippen LogP contribution is -2.49. The number of aromatic nitrogens is 3. The molecule has 3 aromatic heterocycles. The average Bonchev–Trinajstić information content (AvgIpc) is 3.38. The first kappa shape index (κ1) is 26.4. The van der Waals surface area contributed by atoms with E-state index in [-0.39, 0.29) is 11.7 Å². The maximum Gasteiger partial charge on any atom is 0.409 e. The van der Waals surface area contributed by atoms with E-state index in [2.05, 4.69) is 53.9 Å². The number of carbonyl (C=O) groups excluding carboxylic acids is 1. The summed E-state index contributed by atoms with van der Waals surface area (Å²) in [6, 6.07) is 9.05. The first-order valence-electron chi connectivity index (χ1n) is 13.9. The molecule has 5 rings (SSSR count). The van der Waals surface area contributed by atoms with Crippen molar-refractivity contribution in [1.29, 1.82) is 0 Å². The molecule has 5 heterocycles. The monoisotopic (exact) mass is 520 g/mol. The quantitative estimate of drug-likeness (QED) is 0.457. The van der Waals surface area contributed by atoms with Crippen LogP contribution in [0.1, 0.15) is 46.1 Å². The van der Waals surface area contributed by atoms with Crippen LogP contribution in [-0.4, -0.2) is 89.0 Å². The van der Waals surface area contributed by atoms with E-state index in [4.69, 9.17) is 14.5 Å². The highest BCUT2D eigenvalue weighted by atomic mass is 16.6. The third kappa shape index (κ3) is 5.22. The number of nitrogens with zero attached hydrogens (tertiary/aromatic N) is 6. The molecular formula is C29H40N6O3. The van der Waals surface area contributed by atoms with Crippen molar-refractivity contribution in [3.63, 3.8) is 0 Å². The summed E-state index contributed by atoms with van der Waals surface area (Å²) in [5, 5.41) is 4.55. The van der Waals surface area contributed by atoms with Crippen molar-refractivity contribution in [2.45, 2.75) is 52.2 Å². The molecule has 0 radical (unpaired) electrons. The number of hydrogen-bond donors (Lipinski definition) is 0. The van der Waals surface area contributed by atoms with Crippen molar-refractivity contribution in [1.82, 2.24) is 24.4 Å². The van der Waals surface area contributed by atoms with Gasteiger partial charge in [0.15, 0.2) is 0 Å². The van der Waals surface area contributed by atoms with Crippen molar-refractivity contribution in [3.8, 4) is 11.3 Å². The second kappa shape index (κ2) is 11.3. The van der Waals surface area contributed by atoms with Gasteiger partial charge in [-0.05, 0) is 58.7 Å². The Morgan fingerprint density at radius 2 is 1.79 bits per heavy atom. The number of fused-ring (bicyclic) bond motifs is 1. The minimum Gasteiger partial charge on any atom is -0.450 e. The lowest BCUT2D eigenvalue weighted by molar-refractivity contribution is -0.0888. The number of likely N-dealkylation sites (tertiary alicyclic amines) is 1. The number of piperazine rings is 1. The van der Waals surface area contributed by atoms with Gasteiger partial charge in [0.1, 0.15) is 0 Å². The van der Waals surface area contributed by atoms with Gasteiger partial charge in [-0.2, -0.15) is 5.10 Å². The summed E-state index contributed by atoms with van der Waals surface area (Å²) >= 11 is 0. The maximum absolute atomic E-state index is 12.1. The number of amides is 1. The van der Waals surface area contributed by atoms with E-state index in [1.807, 2.05) is 36.1 Å². The fourth-order valence-electron chi connectivity index (χ4n) is 5.78. The number of ether oxygens (including phenoxy) is 2. The average molecular weight is 521 g/mol. The van der Waals surface area contributed by atoms with E-state index in [1.165, 1.54) is 0 Å². The molecule has 1 amide bonds. The highest BCUT2D eigenvalue weighted by Gasteiger charge is 2.37. The molecule has 2 aliphatic rings. The molecule has 0 saturated carbocycles. The van der Waals surface area contributed by atoms with Crippen LogP contribution in [0, 0.1) is 0 Å². The van der Waals surface area contributed by atoms with Crippen LogP contribution < -0.4 is 4.90 Å². The number of piperidine rings is 1. The summed E-state index contributed by atoms with van der Waals surface area (Å²) < 4.78 is 13.5. The van der Waals surface area contributed by atoms with Crippen molar-refractivity contribution >= 4 is 17.3 Å². The predicted octanol–water partition coefficient (Wildman–Crippen LogP) is 4.41. The minimum atomic E-state index is -0.266. The normalized spacial score (nSPS) is 18.3. The van der Waals surface area contributed by atoms with Gasteiger partial charge in [-0.3, -0.25) is 4.98 Å². The molecule has 2 aliphatic heterocycles. The molecule has 3 aromatic rings. The van der Waals surface area contributed by atoms with Crippen molar-refractivity contribution in [2.75, 3.05) is 57.4 Å².